The van der Waals surface area contributed by atoms with Gasteiger partial charge in [-0.05, 0) is 60.7 Å². The molecular weight excluding hydrogens is 386 g/mol. The molecular formula is C23H21NO6. The van der Waals surface area contributed by atoms with Crippen molar-refractivity contribution in [2.45, 2.75) is 0 Å². The molecule has 7 nitrogen and oxygen atoms in total. The van der Waals surface area contributed by atoms with Crippen LogP contribution >= 0.6 is 0 Å². The number of ether oxygens (including phenoxy) is 3. The minimum atomic E-state index is -0.330. The van der Waals surface area contributed by atoms with Gasteiger partial charge in [0.1, 0.15) is 11.5 Å². The molecule has 1 heterocycles. The summed E-state index contributed by atoms with van der Waals surface area (Å²) >= 11 is 0. The highest BCUT2D eigenvalue weighted by atomic mass is 16.5. The number of anilines is 1. The summed E-state index contributed by atoms with van der Waals surface area (Å²) in [5.74, 6) is 1.67. The molecule has 30 heavy (non-hydrogen) atoms. The summed E-state index contributed by atoms with van der Waals surface area (Å²) in [6, 6.07) is 15.1. The fraction of sp³-hybridized carbons (Fsp3) is 0.130. The third kappa shape index (κ3) is 5.51. The highest BCUT2D eigenvalue weighted by Crippen LogP contribution is 2.29. The monoisotopic (exact) mass is 407 g/mol. The fourth-order valence-corrected chi connectivity index (χ4v) is 2.62. The minimum absolute atomic E-state index is 0.163. The number of allylic oxidation sites excluding steroid dienone is 1. The molecule has 2 aromatic carbocycles. The zero-order valence-corrected chi connectivity index (χ0v) is 16.6. The molecule has 3 aromatic rings. The molecule has 154 valence electrons. The van der Waals surface area contributed by atoms with E-state index < -0.39 is 0 Å². The van der Waals surface area contributed by atoms with Gasteiger partial charge in [0.25, 0.3) is 5.91 Å². The Labute approximate surface area is 173 Å². The predicted octanol–water partition coefficient (Wildman–Crippen LogP) is 4.21. The second-order valence-corrected chi connectivity index (χ2v) is 6.14. The van der Waals surface area contributed by atoms with E-state index in [2.05, 4.69) is 5.32 Å². The van der Waals surface area contributed by atoms with Crippen molar-refractivity contribution >= 4 is 23.5 Å². The quantitative estimate of drug-likeness (QED) is 0.422. The van der Waals surface area contributed by atoms with Gasteiger partial charge < -0.3 is 23.9 Å². The van der Waals surface area contributed by atoms with Gasteiger partial charge in [0.2, 0.25) is 0 Å². The first-order valence-electron chi connectivity index (χ1n) is 9.09. The Hall–Kier alpha value is -4.00. The van der Waals surface area contributed by atoms with E-state index in [1.165, 1.54) is 26.6 Å². The second-order valence-electron chi connectivity index (χ2n) is 6.14. The molecule has 0 radical (unpaired) electrons. The number of hydrogen-bond acceptors (Lipinski definition) is 6. The third-order valence-corrected chi connectivity index (χ3v) is 4.12. The van der Waals surface area contributed by atoms with Crippen LogP contribution in [0, 0.1) is 0 Å². The lowest BCUT2D eigenvalue weighted by Crippen LogP contribution is -2.20. The van der Waals surface area contributed by atoms with Gasteiger partial charge in [-0.3, -0.25) is 9.59 Å². The Kier molecular flexibility index (Phi) is 6.89. The summed E-state index contributed by atoms with van der Waals surface area (Å²) in [5, 5.41) is 2.73. The van der Waals surface area contributed by atoms with E-state index in [9.17, 15) is 9.59 Å². The van der Waals surface area contributed by atoms with E-state index in [-0.39, 0.29) is 18.3 Å². The average molecular weight is 407 g/mol. The van der Waals surface area contributed by atoms with Crippen molar-refractivity contribution in [3.05, 3.63) is 78.3 Å². The number of carbonyl (C=O) groups is 2. The molecule has 0 spiro atoms. The molecule has 1 amide bonds. The molecule has 7 heteroatoms. The molecule has 0 bridgehead atoms. The number of hydrogen-bond donors (Lipinski definition) is 1. The smallest absolute Gasteiger partial charge is 0.262 e. The van der Waals surface area contributed by atoms with Gasteiger partial charge in [0, 0.05) is 17.3 Å². The first kappa shape index (κ1) is 20.7. The number of methoxy groups -OCH3 is 2. The number of rotatable bonds is 9. The topological polar surface area (TPSA) is 87.0 Å². The van der Waals surface area contributed by atoms with Crippen LogP contribution in [-0.2, 0) is 4.79 Å². The summed E-state index contributed by atoms with van der Waals surface area (Å²) < 4.78 is 21.0. The Balaban J connectivity index is 1.52. The molecule has 0 aliphatic heterocycles. The zero-order chi connectivity index (χ0) is 21.3. The van der Waals surface area contributed by atoms with Crippen molar-refractivity contribution in [3.8, 4) is 17.2 Å². The van der Waals surface area contributed by atoms with Crippen LogP contribution in [0.3, 0.4) is 0 Å². The number of ketones is 1. The lowest BCUT2D eigenvalue weighted by Gasteiger charge is -2.11. The van der Waals surface area contributed by atoms with Crippen LogP contribution in [0.4, 0.5) is 5.69 Å². The van der Waals surface area contributed by atoms with E-state index >= 15 is 0 Å². The summed E-state index contributed by atoms with van der Waals surface area (Å²) in [5.41, 5.74) is 1.06. The fourth-order valence-electron chi connectivity index (χ4n) is 2.62. The summed E-state index contributed by atoms with van der Waals surface area (Å²) in [6.45, 7) is -0.181. The number of nitrogens with one attached hydrogen (secondary N) is 1. The van der Waals surface area contributed by atoms with Crippen molar-refractivity contribution in [2.24, 2.45) is 0 Å². The van der Waals surface area contributed by atoms with Crippen molar-refractivity contribution in [1.29, 1.82) is 0 Å². The van der Waals surface area contributed by atoms with Gasteiger partial charge in [-0.2, -0.15) is 0 Å². The molecule has 0 saturated heterocycles. The third-order valence-electron chi connectivity index (χ3n) is 4.12. The highest BCUT2D eigenvalue weighted by Gasteiger charge is 2.09. The largest absolute Gasteiger partial charge is 0.493 e. The maximum absolute atomic E-state index is 12.2. The second kappa shape index (κ2) is 9.97. The van der Waals surface area contributed by atoms with Crippen LogP contribution in [0.5, 0.6) is 17.2 Å². The first-order valence-corrected chi connectivity index (χ1v) is 9.09. The maximum Gasteiger partial charge on any atom is 0.262 e. The molecule has 0 atom stereocenters. The van der Waals surface area contributed by atoms with Crippen LogP contribution in [0.2, 0.25) is 0 Å². The van der Waals surface area contributed by atoms with Crippen molar-refractivity contribution in [3.63, 3.8) is 0 Å². The number of carbonyl (C=O) groups excluding carboxylic acids is 2. The van der Waals surface area contributed by atoms with Crippen molar-refractivity contribution < 1.29 is 28.2 Å². The van der Waals surface area contributed by atoms with E-state index in [1.807, 2.05) is 0 Å². The molecule has 3 rings (SSSR count). The van der Waals surface area contributed by atoms with Crippen molar-refractivity contribution in [1.82, 2.24) is 0 Å². The molecule has 0 aliphatic rings. The Bertz CT molecular complexity index is 1020. The maximum atomic E-state index is 12.2. The van der Waals surface area contributed by atoms with E-state index in [1.54, 1.807) is 60.7 Å². The van der Waals surface area contributed by atoms with Crippen LogP contribution in [-0.4, -0.2) is 32.5 Å². The number of benzene rings is 2. The van der Waals surface area contributed by atoms with E-state index in [4.69, 9.17) is 18.6 Å². The van der Waals surface area contributed by atoms with Crippen LogP contribution < -0.4 is 19.5 Å². The molecule has 0 aliphatic carbocycles. The molecule has 0 unspecified atom stereocenters. The van der Waals surface area contributed by atoms with Gasteiger partial charge in [-0.25, -0.2) is 0 Å². The minimum Gasteiger partial charge on any atom is -0.493 e. The average Bonchev–Trinajstić information content (AvgIpc) is 3.30. The van der Waals surface area contributed by atoms with E-state index in [0.717, 1.165) is 0 Å². The molecule has 1 aromatic heterocycles. The SMILES string of the molecule is COc1ccc(NC(=O)COc2ccc(C(=O)/C=C/c3ccco3)cc2)cc1OC. The van der Waals surface area contributed by atoms with Gasteiger partial charge in [-0.1, -0.05) is 0 Å². The molecule has 0 fully saturated rings. The number of furan rings is 1. The van der Waals surface area contributed by atoms with Gasteiger partial charge >= 0.3 is 0 Å². The Morgan fingerprint density at radius 2 is 1.77 bits per heavy atom. The zero-order valence-electron chi connectivity index (χ0n) is 16.6. The normalized spacial score (nSPS) is 10.6. The standard InChI is InChI=1S/C23H21NO6/c1-27-21-12-7-17(14-22(21)28-2)24-23(26)15-30-19-8-5-16(6-9-19)20(25)11-10-18-4-3-13-29-18/h3-14H,15H2,1-2H3,(H,24,26)/b11-10+. The molecule has 0 saturated carbocycles. The van der Waals surface area contributed by atoms with Crippen LogP contribution in [0.15, 0.2) is 71.4 Å². The summed E-state index contributed by atoms with van der Waals surface area (Å²) in [6.07, 6.45) is 4.58. The van der Waals surface area contributed by atoms with Gasteiger partial charge in [0.15, 0.2) is 23.9 Å². The summed E-state index contributed by atoms with van der Waals surface area (Å²) in [4.78, 5) is 24.3. The van der Waals surface area contributed by atoms with Crippen LogP contribution in [0.25, 0.3) is 6.08 Å². The molecule has 1 N–H and O–H groups in total. The Morgan fingerprint density at radius 3 is 2.43 bits per heavy atom. The van der Waals surface area contributed by atoms with Gasteiger partial charge in [-0.15, -0.1) is 0 Å². The number of amides is 1. The lowest BCUT2D eigenvalue weighted by molar-refractivity contribution is -0.118. The van der Waals surface area contributed by atoms with Gasteiger partial charge in [0.05, 0.1) is 20.5 Å². The van der Waals surface area contributed by atoms with E-state index in [0.29, 0.717) is 34.3 Å². The predicted molar refractivity (Wildman–Crippen MR) is 112 cm³/mol. The Morgan fingerprint density at radius 1 is 1.00 bits per heavy atom. The summed E-state index contributed by atoms with van der Waals surface area (Å²) in [7, 11) is 3.06. The highest BCUT2D eigenvalue weighted by molar-refractivity contribution is 6.06. The first-order chi connectivity index (χ1) is 14.6. The lowest BCUT2D eigenvalue weighted by atomic mass is 10.1. The van der Waals surface area contributed by atoms with Crippen molar-refractivity contribution in [2.75, 3.05) is 26.1 Å². The van der Waals surface area contributed by atoms with Crippen LogP contribution in [0.1, 0.15) is 16.1 Å².